The van der Waals surface area contributed by atoms with E-state index in [9.17, 15) is 19.2 Å². The average Bonchev–Trinajstić information content (AvgIpc) is 2.97. The summed E-state index contributed by atoms with van der Waals surface area (Å²) in [6.07, 6.45) is -0.0127. The van der Waals surface area contributed by atoms with Gasteiger partial charge in [-0.3, -0.25) is 14.4 Å². The third-order valence-electron chi connectivity index (χ3n) is 6.14. The quantitative estimate of drug-likeness (QED) is 0.240. The molecular formula is C29H36N2O10. The second-order valence-corrected chi connectivity index (χ2v) is 9.88. The Morgan fingerprint density at radius 2 is 1.85 bits per heavy atom. The number of amides is 1. The molecule has 3 rings (SSSR count). The third-order valence-corrected chi connectivity index (χ3v) is 6.14. The van der Waals surface area contributed by atoms with Gasteiger partial charge in [-0.05, 0) is 24.8 Å². The number of rotatable bonds is 11. The van der Waals surface area contributed by atoms with Gasteiger partial charge in [-0.1, -0.05) is 44.2 Å². The van der Waals surface area contributed by atoms with Crippen molar-refractivity contribution in [2.75, 3.05) is 27.1 Å². The number of ether oxygens (including phenoxy) is 6. The average molecular weight is 573 g/mol. The van der Waals surface area contributed by atoms with Crippen LogP contribution in [-0.2, 0) is 39.8 Å². The first-order valence-corrected chi connectivity index (χ1v) is 13.2. The molecule has 1 aliphatic rings. The van der Waals surface area contributed by atoms with E-state index in [0.717, 1.165) is 5.56 Å². The first-order chi connectivity index (χ1) is 19.6. The molecule has 222 valence electrons. The zero-order valence-corrected chi connectivity index (χ0v) is 23.8. The highest BCUT2D eigenvalue weighted by Crippen LogP contribution is 2.30. The largest absolute Gasteiger partial charge is 0.493 e. The fraction of sp³-hybridized carbons (Fsp3) is 0.483. The first kappa shape index (κ1) is 31.3. The van der Waals surface area contributed by atoms with E-state index >= 15 is 0 Å². The molecule has 0 unspecified atom stereocenters. The molecule has 0 spiro atoms. The molecule has 1 amide bonds. The standard InChI is InChI=1S/C29H36N2O10/c1-17(2)14-37-25-18(3)41-29(35)22(15-38-28(34)21(25)13-20-9-7-6-8-10-20)31-27(33)24-26(40-16-39-19(4)32)23(36-5)11-12-30-24/h6-12,17-18,21-22,25H,13-16H2,1-5H3,(H,31,33)/t18-,21+,22-,25-/m0/s1. The van der Waals surface area contributed by atoms with Crippen molar-refractivity contribution < 1.29 is 47.6 Å². The topological polar surface area (TPSA) is 149 Å². The molecule has 1 saturated heterocycles. The number of cyclic esters (lactones) is 2. The van der Waals surface area contributed by atoms with Crippen LogP contribution in [0.2, 0.25) is 0 Å². The lowest BCUT2D eigenvalue weighted by atomic mass is 9.91. The number of carbonyl (C=O) groups excluding carboxylic acids is 4. The van der Waals surface area contributed by atoms with Crippen LogP contribution in [0.1, 0.15) is 43.7 Å². The summed E-state index contributed by atoms with van der Waals surface area (Å²) >= 11 is 0. The van der Waals surface area contributed by atoms with Crippen molar-refractivity contribution in [3.63, 3.8) is 0 Å². The zero-order chi connectivity index (χ0) is 29.9. The maximum Gasteiger partial charge on any atom is 0.332 e. The van der Waals surface area contributed by atoms with Crippen LogP contribution in [0.25, 0.3) is 0 Å². The Morgan fingerprint density at radius 1 is 1.12 bits per heavy atom. The second-order valence-electron chi connectivity index (χ2n) is 9.88. The van der Waals surface area contributed by atoms with E-state index in [2.05, 4.69) is 10.3 Å². The van der Waals surface area contributed by atoms with E-state index in [-0.39, 0.29) is 23.1 Å². The van der Waals surface area contributed by atoms with Gasteiger partial charge in [0.05, 0.1) is 13.0 Å². The number of carbonyl (C=O) groups is 4. The van der Waals surface area contributed by atoms with Gasteiger partial charge in [-0.25, -0.2) is 9.78 Å². The molecule has 0 saturated carbocycles. The van der Waals surface area contributed by atoms with Crippen molar-refractivity contribution in [3.8, 4) is 11.5 Å². The maximum absolute atomic E-state index is 13.4. The number of aromatic nitrogens is 1. The van der Waals surface area contributed by atoms with Crippen molar-refractivity contribution in [2.45, 2.75) is 52.4 Å². The minimum Gasteiger partial charge on any atom is -0.493 e. The van der Waals surface area contributed by atoms with Gasteiger partial charge in [-0.2, -0.15) is 0 Å². The highest BCUT2D eigenvalue weighted by Gasteiger charge is 2.40. The number of esters is 3. The van der Waals surface area contributed by atoms with E-state index in [1.54, 1.807) is 6.92 Å². The summed E-state index contributed by atoms with van der Waals surface area (Å²) in [5.41, 5.74) is 0.643. The minimum atomic E-state index is -1.36. The first-order valence-electron chi connectivity index (χ1n) is 13.2. The molecule has 2 aromatic rings. The lowest BCUT2D eigenvalue weighted by molar-refractivity contribution is -0.165. The summed E-state index contributed by atoms with van der Waals surface area (Å²) in [5.74, 6) is -3.40. The Kier molecular flexibility index (Phi) is 11.5. The zero-order valence-electron chi connectivity index (χ0n) is 23.8. The van der Waals surface area contributed by atoms with E-state index < -0.39 is 61.4 Å². The lowest BCUT2D eigenvalue weighted by Crippen LogP contribution is -2.46. The Labute approximate surface area is 238 Å². The predicted molar refractivity (Wildman–Crippen MR) is 144 cm³/mol. The Hall–Kier alpha value is -4.19. The van der Waals surface area contributed by atoms with Gasteiger partial charge in [-0.15, -0.1) is 0 Å². The summed E-state index contributed by atoms with van der Waals surface area (Å²) in [6, 6.07) is 9.48. The third kappa shape index (κ3) is 8.90. The van der Waals surface area contributed by atoms with Gasteiger partial charge in [0.25, 0.3) is 5.91 Å². The smallest absolute Gasteiger partial charge is 0.332 e. The Balaban J connectivity index is 1.84. The monoisotopic (exact) mass is 572 g/mol. The highest BCUT2D eigenvalue weighted by molar-refractivity contribution is 5.98. The molecule has 0 aliphatic carbocycles. The molecule has 1 aromatic carbocycles. The van der Waals surface area contributed by atoms with Crippen molar-refractivity contribution in [2.24, 2.45) is 11.8 Å². The van der Waals surface area contributed by atoms with Crippen LogP contribution in [0, 0.1) is 11.8 Å². The fourth-order valence-corrected chi connectivity index (χ4v) is 4.15. The number of benzene rings is 1. The van der Waals surface area contributed by atoms with Crippen molar-refractivity contribution in [1.82, 2.24) is 10.3 Å². The number of hydrogen-bond acceptors (Lipinski definition) is 11. The van der Waals surface area contributed by atoms with E-state index in [0.29, 0.717) is 13.0 Å². The van der Waals surface area contributed by atoms with Crippen LogP contribution in [0.4, 0.5) is 0 Å². The maximum atomic E-state index is 13.4. The summed E-state index contributed by atoms with van der Waals surface area (Å²) in [7, 11) is 1.36. The van der Waals surface area contributed by atoms with Crippen molar-refractivity contribution in [1.29, 1.82) is 0 Å². The van der Waals surface area contributed by atoms with Crippen LogP contribution in [0.3, 0.4) is 0 Å². The number of pyridine rings is 1. The molecule has 1 aromatic heterocycles. The molecule has 0 radical (unpaired) electrons. The van der Waals surface area contributed by atoms with Gasteiger partial charge in [0.2, 0.25) is 6.79 Å². The SMILES string of the molecule is COc1ccnc(C(=O)N[C@H]2COC(=O)[C@H](Cc3ccccc3)[C@@H](OCC(C)C)[C@H](C)OC2=O)c1OCOC(C)=O. The second kappa shape index (κ2) is 15.0. The van der Waals surface area contributed by atoms with Gasteiger partial charge >= 0.3 is 17.9 Å². The number of nitrogens with one attached hydrogen (secondary N) is 1. The van der Waals surface area contributed by atoms with E-state index in [4.69, 9.17) is 28.4 Å². The van der Waals surface area contributed by atoms with Crippen molar-refractivity contribution >= 4 is 23.8 Å². The number of hydrogen-bond donors (Lipinski definition) is 1. The molecule has 4 atom stereocenters. The summed E-state index contributed by atoms with van der Waals surface area (Å²) < 4.78 is 32.8. The predicted octanol–water partition coefficient (Wildman–Crippen LogP) is 2.48. The molecule has 12 nitrogen and oxygen atoms in total. The fourth-order valence-electron chi connectivity index (χ4n) is 4.15. The van der Waals surface area contributed by atoms with Crippen LogP contribution < -0.4 is 14.8 Å². The number of methoxy groups -OCH3 is 1. The molecule has 2 heterocycles. The molecule has 1 aliphatic heterocycles. The Bertz CT molecular complexity index is 1200. The molecule has 0 bridgehead atoms. The summed E-state index contributed by atoms with van der Waals surface area (Å²) in [6.45, 7) is 6.14. The van der Waals surface area contributed by atoms with Crippen LogP contribution in [-0.4, -0.2) is 74.2 Å². The highest BCUT2D eigenvalue weighted by atomic mass is 16.7. The molecule has 41 heavy (non-hydrogen) atoms. The van der Waals surface area contributed by atoms with Gasteiger partial charge in [0, 0.05) is 25.8 Å². The van der Waals surface area contributed by atoms with Gasteiger partial charge in [0.1, 0.15) is 18.8 Å². The summed E-state index contributed by atoms with van der Waals surface area (Å²) in [4.78, 5) is 55.0. The molecule has 1 N–H and O–H groups in total. The molecular weight excluding hydrogens is 536 g/mol. The van der Waals surface area contributed by atoms with E-state index in [1.807, 2.05) is 44.2 Å². The summed E-state index contributed by atoms with van der Waals surface area (Å²) in [5, 5.41) is 2.50. The molecule has 12 heteroatoms. The Morgan fingerprint density at radius 3 is 2.51 bits per heavy atom. The van der Waals surface area contributed by atoms with Crippen LogP contribution in [0.5, 0.6) is 11.5 Å². The van der Waals surface area contributed by atoms with Crippen LogP contribution >= 0.6 is 0 Å². The van der Waals surface area contributed by atoms with Crippen molar-refractivity contribution in [3.05, 3.63) is 53.9 Å². The minimum absolute atomic E-state index is 0.111. The number of nitrogens with zero attached hydrogens (tertiary/aromatic N) is 1. The van der Waals surface area contributed by atoms with E-state index in [1.165, 1.54) is 26.3 Å². The van der Waals surface area contributed by atoms with Gasteiger partial charge < -0.3 is 33.7 Å². The lowest BCUT2D eigenvalue weighted by Gasteiger charge is -2.30. The van der Waals surface area contributed by atoms with Gasteiger partial charge in [0.15, 0.2) is 23.2 Å². The normalized spacial score (nSPS) is 21.0. The molecule has 1 fully saturated rings. The van der Waals surface area contributed by atoms with Crippen LogP contribution in [0.15, 0.2) is 42.6 Å².